The van der Waals surface area contributed by atoms with Crippen LogP contribution in [0.15, 0.2) is 23.8 Å². The summed E-state index contributed by atoms with van der Waals surface area (Å²) in [4.78, 5) is 36.4. The second-order valence-corrected chi connectivity index (χ2v) is 9.52. The number of allylic oxidation sites excluding steroid dienone is 1. The number of carbonyl (C=O) groups excluding carboxylic acids is 3. The number of ether oxygens (including phenoxy) is 2. The molecule has 2 rings (SSSR count). The van der Waals surface area contributed by atoms with Gasteiger partial charge in [-0.05, 0) is 38.3 Å². The fourth-order valence-electron chi connectivity index (χ4n) is 3.35. The highest BCUT2D eigenvalue weighted by atomic mass is 35.5. The topological polar surface area (TPSA) is 116 Å². The fraction of sp³-hybridized carbons (Fsp3) is 0.476. The van der Waals surface area contributed by atoms with Gasteiger partial charge in [-0.3, -0.25) is 14.3 Å². The highest BCUT2D eigenvalue weighted by Crippen LogP contribution is 2.34. The van der Waals surface area contributed by atoms with Crippen molar-refractivity contribution in [2.24, 2.45) is 5.92 Å². The van der Waals surface area contributed by atoms with E-state index in [-0.39, 0.29) is 30.7 Å². The van der Waals surface area contributed by atoms with Gasteiger partial charge in [0.2, 0.25) is 10.0 Å². The van der Waals surface area contributed by atoms with E-state index in [0.29, 0.717) is 12.8 Å². The summed E-state index contributed by atoms with van der Waals surface area (Å²) in [5, 5.41) is -1.62. The summed E-state index contributed by atoms with van der Waals surface area (Å²) in [5.74, 6) is -4.05. The van der Waals surface area contributed by atoms with Crippen molar-refractivity contribution in [3.8, 4) is 0 Å². The molecule has 11 heteroatoms. The number of nitrogens with one attached hydrogen (secondary N) is 1. The van der Waals surface area contributed by atoms with Crippen LogP contribution < -0.4 is 4.72 Å². The summed E-state index contributed by atoms with van der Waals surface area (Å²) in [6, 6.07) is 2.00. The molecule has 1 aromatic rings. The zero-order valence-corrected chi connectivity index (χ0v) is 19.5. The Kier molecular flexibility index (Phi) is 8.80. The normalized spacial score (nSPS) is 17.2. The molecule has 1 aromatic carbocycles. The maximum Gasteiger partial charge on any atom is 0.335 e. The van der Waals surface area contributed by atoms with Crippen LogP contribution in [-0.4, -0.2) is 45.1 Å². The molecule has 1 N–H and O–H groups in total. The lowest BCUT2D eigenvalue weighted by Gasteiger charge is -2.24. The van der Waals surface area contributed by atoms with Gasteiger partial charge in [0.25, 0.3) is 0 Å². The molecule has 0 saturated heterocycles. The number of carbonyl (C=O) groups is 3. The van der Waals surface area contributed by atoms with E-state index in [9.17, 15) is 27.2 Å². The van der Waals surface area contributed by atoms with Crippen LogP contribution in [0, 0.1) is 11.7 Å². The van der Waals surface area contributed by atoms with Gasteiger partial charge in [-0.25, -0.2) is 17.6 Å². The minimum Gasteiger partial charge on any atom is -0.469 e. The SMILES string of the molecule is CCOC(=O)C1=CCCC[C@@H]1S(=O)(=O)Nc1ccc(F)c(C(=O)C(C)CC(=O)OC)c1Cl. The number of sulfonamides is 1. The first-order valence-corrected chi connectivity index (χ1v) is 11.9. The predicted molar refractivity (Wildman–Crippen MR) is 116 cm³/mol. The maximum absolute atomic E-state index is 14.4. The van der Waals surface area contributed by atoms with Crippen molar-refractivity contribution in [3.05, 3.63) is 40.2 Å². The number of ketones is 1. The Morgan fingerprint density at radius 3 is 2.62 bits per heavy atom. The number of Topliss-reactive ketones (excluding diaryl/α,β-unsaturated/α-hetero) is 1. The molecule has 1 aliphatic carbocycles. The van der Waals surface area contributed by atoms with Gasteiger partial charge in [0.1, 0.15) is 11.1 Å². The largest absolute Gasteiger partial charge is 0.469 e. The van der Waals surface area contributed by atoms with E-state index in [1.807, 2.05) is 0 Å². The van der Waals surface area contributed by atoms with Gasteiger partial charge < -0.3 is 9.47 Å². The van der Waals surface area contributed by atoms with Gasteiger partial charge >= 0.3 is 11.9 Å². The monoisotopic (exact) mass is 489 g/mol. The number of halogens is 2. The molecule has 0 saturated carbocycles. The summed E-state index contributed by atoms with van der Waals surface area (Å²) >= 11 is 6.21. The summed E-state index contributed by atoms with van der Waals surface area (Å²) in [6.45, 7) is 3.11. The minimum atomic E-state index is -4.18. The summed E-state index contributed by atoms with van der Waals surface area (Å²) in [5.41, 5.74) is -0.727. The molecule has 0 radical (unpaired) electrons. The van der Waals surface area contributed by atoms with Crippen LogP contribution >= 0.6 is 11.6 Å². The number of anilines is 1. The average molecular weight is 490 g/mol. The Morgan fingerprint density at radius 2 is 2.00 bits per heavy atom. The molecule has 2 atom stereocenters. The van der Waals surface area contributed by atoms with E-state index in [4.69, 9.17) is 16.3 Å². The molecule has 0 aromatic heterocycles. The van der Waals surface area contributed by atoms with E-state index in [2.05, 4.69) is 9.46 Å². The van der Waals surface area contributed by atoms with Crippen LogP contribution in [0.2, 0.25) is 5.02 Å². The van der Waals surface area contributed by atoms with Crippen molar-refractivity contribution in [2.75, 3.05) is 18.4 Å². The lowest BCUT2D eigenvalue weighted by atomic mass is 9.95. The molecule has 176 valence electrons. The summed E-state index contributed by atoms with van der Waals surface area (Å²) < 4.78 is 52.3. The van der Waals surface area contributed by atoms with Gasteiger partial charge in [0.15, 0.2) is 5.78 Å². The van der Waals surface area contributed by atoms with Crippen LogP contribution in [0.3, 0.4) is 0 Å². The molecule has 8 nitrogen and oxygen atoms in total. The molecular weight excluding hydrogens is 465 g/mol. The number of esters is 2. The molecule has 0 aliphatic heterocycles. The van der Waals surface area contributed by atoms with Gasteiger partial charge in [0, 0.05) is 5.92 Å². The molecule has 0 amide bonds. The number of hydrogen-bond donors (Lipinski definition) is 1. The third-order valence-electron chi connectivity index (χ3n) is 5.01. The third-order valence-corrected chi connectivity index (χ3v) is 7.14. The number of rotatable bonds is 9. The Morgan fingerprint density at radius 1 is 1.31 bits per heavy atom. The van der Waals surface area contributed by atoms with E-state index in [0.717, 1.165) is 19.2 Å². The van der Waals surface area contributed by atoms with E-state index < -0.39 is 55.3 Å². The maximum atomic E-state index is 14.4. The number of hydrogen-bond acceptors (Lipinski definition) is 7. The van der Waals surface area contributed by atoms with Crippen LogP contribution in [0.25, 0.3) is 0 Å². The fourth-order valence-corrected chi connectivity index (χ4v) is 5.33. The second kappa shape index (κ2) is 10.9. The highest BCUT2D eigenvalue weighted by molar-refractivity contribution is 7.93. The van der Waals surface area contributed by atoms with Gasteiger partial charge in [-0.2, -0.15) is 0 Å². The first-order chi connectivity index (χ1) is 15.0. The van der Waals surface area contributed by atoms with Crippen LogP contribution in [0.4, 0.5) is 10.1 Å². The Bertz CT molecular complexity index is 1040. The van der Waals surface area contributed by atoms with Gasteiger partial charge in [-0.15, -0.1) is 0 Å². The van der Waals surface area contributed by atoms with E-state index >= 15 is 0 Å². The molecular formula is C21H25ClFNO7S. The Hall–Kier alpha value is -2.46. The van der Waals surface area contributed by atoms with Crippen molar-refractivity contribution in [2.45, 2.75) is 44.8 Å². The first kappa shape index (κ1) is 25.8. The third kappa shape index (κ3) is 5.86. The van der Waals surface area contributed by atoms with Crippen molar-refractivity contribution in [3.63, 3.8) is 0 Å². The number of benzene rings is 1. The van der Waals surface area contributed by atoms with Crippen molar-refractivity contribution >= 4 is 45.0 Å². The smallest absolute Gasteiger partial charge is 0.335 e. The molecule has 0 fully saturated rings. The molecule has 1 unspecified atom stereocenters. The molecule has 0 heterocycles. The van der Waals surface area contributed by atoms with Crippen molar-refractivity contribution in [1.29, 1.82) is 0 Å². The molecule has 1 aliphatic rings. The van der Waals surface area contributed by atoms with Crippen LogP contribution in [-0.2, 0) is 29.1 Å². The van der Waals surface area contributed by atoms with E-state index in [1.165, 1.54) is 13.0 Å². The highest BCUT2D eigenvalue weighted by Gasteiger charge is 2.36. The first-order valence-electron chi connectivity index (χ1n) is 10.0. The zero-order valence-electron chi connectivity index (χ0n) is 17.9. The van der Waals surface area contributed by atoms with Crippen LogP contribution in [0.1, 0.15) is 49.9 Å². The second-order valence-electron chi connectivity index (χ2n) is 7.28. The van der Waals surface area contributed by atoms with Gasteiger partial charge in [0.05, 0.1) is 42.0 Å². The van der Waals surface area contributed by atoms with Gasteiger partial charge in [-0.1, -0.05) is 24.6 Å². The standard InChI is InChI=1S/C21H25ClFNO7S/c1-4-31-21(27)13-7-5-6-8-16(13)32(28,29)24-15-10-9-14(23)18(19(15)22)20(26)12(2)11-17(25)30-3/h7,9-10,12,16,24H,4-6,8,11H2,1-3H3/t12?,16-/m0/s1. The lowest BCUT2D eigenvalue weighted by Crippen LogP contribution is -2.35. The predicted octanol–water partition coefficient (Wildman–Crippen LogP) is 3.64. The van der Waals surface area contributed by atoms with E-state index in [1.54, 1.807) is 6.92 Å². The number of methoxy groups -OCH3 is 1. The lowest BCUT2D eigenvalue weighted by molar-refractivity contribution is -0.141. The average Bonchev–Trinajstić information content (AvgIpc) is 2.75. The van der Waals surface area contributed by atoms with Crippen molar-refractivity contribution in [1.82, 2.24) is 0 Å². The molecule has 0 spiro atoms. The summed E-state index contributed by atoms with van der Waals surface area (Å²) in [6.07, 6.45) is 2.49. The minimum absolute atomic E-state index is 0.0202. The Balaban J connectivity index is 2.36. The molecule has 32 heavy (non-hydrogen) atoms. The summed E-state index contributed by atoms with van der Waals surface area (Å²) in [7, 11) is -3.02. The zero-order chi connectivity index (χ0) is 24.1. The van der Waals surface area contributed by atoms with Crippen LogP contribution in [0.5, 0.6) is 0 Å². The molecule has 0 bridgehead atoms. The van der Waals surface area contributed by atoms with Crippen molar-refractivity contribution < 1.29 is 36.7 Å². The quantitative estimate of drug-likeness (QED) is 0.415. The Labute approximate surface area is 191 Å².